The standard InChI is InChI=1S/C11H17BrN2S/c1-14-4-2-3-10(7-14)13-6-9-5-11(12)15-8-9/h5,8,10,13H,2-4,6-7H2,1H3. The number of hydrogen-bond acceptors (Lipinski definition) is 3. The van der Waals surface area contributed by atoms with Crippen LogP contribution in [0, 0.1) is 0 Å². The van der Waals surface area contributed by atoms with E-state index in [1.807, 2.05) is 0 Å². The Hall–Kier alpha value is 0.100. The highest BCUT2D eigenvalue weighted by molar-refractivity contribution is 9.11. The lowest BCUT2D eigenvalue weighted by Crippen LogP contribution is -2.43. The summed E-state index contributed by atoms with van der Waals surface area (Å²) in [6.45, 7) is 3.44. The zero-order valence-corrected chi connectivity index (χ0v) is 11.4. The van der Waals surface area contributed by atoms with Gasteiger partial charge in [0, 0.05) is 19.1 Å². The van der Waals surface area contributed by atoms with Gasteiger partial charge in [0.15, 0.2) is 0 Å². The second kappa shape index (κ2) is 5.43. The molecule has 1 aliphatic rings. The van der Waals surface area contributed by atoms with E-state index in [0.717, 1.165) is 6.54 Å². The van der Waals surface area contributed by atoms with Crippen LogP contribution < -0.4 is 5.32 Å². The fourth-order valence-electron chi connectivity index (χ4n) is 2.03. The molecule has 1 N–H and O–H groups in total. The van der Waals surface area contributed by atoms with Crippen LogP contribution in [0.3, 0.4) is 0 Å². The Morgan fingerprint density at radius 3 is 3.20 bits per heavy atom. The van der Waals surface area contributed by atoms with Gasteiger partial charge in [0.25, 0.3) is 0 Å². The Morgan fingerprint density at radius 1 is 1.67 bits per heavy atom. The van der Waals surface area contributed by atoms with Crippen molar-refractivity contribution in [2.24, 2.45) is 0 Å². The van der Waals surface area contributed by atoms with Crippen molar-refractivity contribution in [2.75, 3.05) is 20.1 Å². The summed E-state index contributed by atoms with van der Waals surface area (Å²) < 4.78 is 1.22. The van der Waals surface area contributed by atoms with Crippen LogP contribution in [-0.4, -0.2) is 31.1 Å². The first-order chi connectivity index (χ1) is 7.24. The molecule has 0 aromatic carbocycles. The Labute approximate surface area is 104 Å². The van der Waals surface area contributed by atoms with Crippen molar-refractivity contribution < 1.29 is 0 Å². The molecule has 0 bridgehead atoms. The zero-order valence-electron chi connectivity index (χ0n) is 9.00. The number of halogens is 1. The van der Waals surface area contributed by atoms with Gasteiger partial charge in [-0.2, -0.15) is 0 Å². The first kappa shape index (κ1) is 11.6. The van der Waals surface area contributed by atoms with Crippen LogP contribution >= 0.6 is 27.3 Å². The third kappa shape index (κ3) is 3.55. The Bertz CT molecular complexity index is 313. The molecule has 1 aliphatic heterocycles. The second-order valence-electron chi connectivity index (χ2n) is 4.24. The summed E-state index contributed by atoms with van der Waals surface area (Å²) in [7, 11) is 2.20. The molecule has 4 heteroatoms. The molecule has 15 heavy (non-hydrogen) atoms. The molecule has 1 saturated heterocycles. The van der Waals surface area contributed by atoms with Gasteiger partial charge < -0.3 is 10.2 Å². The van der Waals surface area contributed by atoms with Gasteiger partial charge in [0.2, 0.25) is 0 Å². The molecule has 1 unspecified atom stereocenters. The van der Waals surface area contributed by atoms with Gasteiger partial charge in [-0.15, -0.1) is 11.3 Å². The van der Waals surface area contributed by atoms with Gasteiger partial charge in [-0.1, -0.05) is 0 Å². The molecule has 0 spiro atoms. The maximum Gasteiger partial charge on any atom is 0.0701 e. The van der Waals surface area contributed by atoms with Crippen LogP contribution in [-0.2, 0) is 6.54 Å². The van der Waals surface area contributed by atoms with Gasteiger partial charge in [0.1, 0.15) is 0 Å². The van der Waals surface area contributed by atoms with Crippen LogP contribution in [0.1, 0.15) is 18.4 Å². The van der Waals surface area contributed by atoms with E-state index >= 15 is 0 Å². The van der Waals surface area contributed by atoms with Gasteiger partial charge in [-0.3, -0.25) is 0 Å². The Morgan fingerprint density at radius 2 is 2.53 bits per heavy atom. The molecule has 1 aromatic heterocycles. The van der Waals surface area contributed by atoms with Gasteiger partial charge >= 0.3 is 0 Å². The minimum absolute atomic E-state index is 0.669. The van der Waals surface area contributed by atoms with Crippen molar-refractivity contribution in [1.29, 1.82) is 0 Å². The van der Waals surface area contributed by atoms with Crippen LogP contribution in [0.2, 0.25) is 0 Å². The van der Waals surface area contributed by atoms with Crippen LogP contribution in [0.25, 0.3) is 0 Å². The van der Waals surface area contributed by atoms with E-state index in [-0.39, 0.29) is 0 Å². The first-order valence-corrected chi connectivity index (χ1v) is 7.06. The summed E-state index contributed by atoms with van der Waals surface area (Å²) in [5.74, 6) is 0. The summed E-state index contributed by atoms with van der Waals surface area (Å²) in [6.07, 6.45) is 2.64. The van der Waals surface area contributed by atoms with Crippen molar-refractivity contribution in [1.82, 2.24) is 10.2 Å². The molecule has 0 radical (unpaired) electrons. The minimum Gasteiger partial charge on any atom is -0.309 e. The number of nitrogens with one attached hydrogen (secondary N) is 1. The smallest absolute Gasteiger partial charge is 0.0701 e. The minimum atomic E-state index is 0.669. The van der Waals surface area contributed by atoms with E-state index < -0.39 is 0 Å². The van der Waals surface area contributed by atoms with Crippen molar-refractivity contribution in [3.8, 4) is 0 Å². The molecule has 84 valence electrons. The molecule has 1 atom stereocenters. The molecule has 0 amide bonds. The summed E-state index contributed by atoms with van der Waals surface area (Å²) in [5.41, 5.74) is 1.39. The molecule has 0 aliphatic carbocycles. The normalized spacial score (nSPS) is 23.2. The lowest BCUT2D eigenvalue weighted by atomic mass is 10.1. The molecule has 2 rings (SSSR count). The second-order valence-corrected chi connectivity index (χ2v) is 6.53. The number of thiophene rings is 1. The largest absolute Gasteiger partial charge is 0.309 e. The summed E-state index contributed by atoms with van der Waals surface area (Å²) in [5, 5.41) is 5.84. The van der Waals surface area contributed by atoms with Gasteiger partial charge in [-0.05, 0) is 59.4 Å². The fourth-order valence-corrected chi connectivity index (χ4v) is 3.24. The lowest BCUT2D eigenvalue weighted by Gasteiger charge is -2.30. The molecular weight excluding hydrogens is 272 g/mol. The third-order valence-corrected chi connectivity index (χ3v) is 4.39. The number of piperidine rings is 1. The third-order valence-electron chi connectivity index (χ3n) is 2.84. The average Bonchev–Trinajstić information content (AvgIpc) is 2.62. The summed E-state index contributed by atoms with van der Waals surface area (Å²) >= 11 is 5.25. The monoisotopic (exact) mass is 288 g/mol. The molecule has 2 nitrogen and oxygen atoms in total. The number of likely N-dealkylation sites (tertiary alicyclic amines) is 1. The van der Waals surface area contributed by atoms with E-state index in [1.54, 1.807) is 11.3 Å². The van der Waals surface area contributed by atoms with E-state index in [4.69, 9.17) is 0 Å². The SMILES string of the molecule is CN1CCCC(NCc2csc(Br)c2)C1. The van der Waals surface area contributed by atoms with Gasteiger partial charge in [0.05, 0.1) is 3.79 Å². The number of hydrogen-bond donors (Lipinski definition) is 1. The highest BCUT2D eigenvalue weighted by atomic mass is 79.9. The highest BCUT2D eigenvalue weighted by Crippen LogP contribution is 2.20. The summed E-state index contributed by atoms with van der Waals surface area (Å²) in [6, 6.07) is 2.87. The number of nitrogens with zero attached hydrogens (tertiary/aromatic N) is 1. The van der Waals surface area contributed by atoms with E-state index in [2.05, 4.69) is 44.6 Å². The predicted octanol–water partition coefficient (Wildman–Crippen LogP) is 2.69. The quantitative estimate of drug-likeness (QED) is 0.920. The van der Waals surface area contributed by atoms with Crippen molar-refractivity contribution in [3.05, 3.63) is 20.8 Å². The van der Waals surface area contributed by atoms with Crippen LogP contribution in [0.5, 0.6) is 0 Å². The van der Waals surface area contributed by atoms with Crippen LogP contribution in [0.4, 0.5) is 0 Å². The van der Waals surface area contributed by atoms with Crippen LogP contribution in [0.15, 0.2) is 15.2 Å². The van der Waals surface area contributed by atoms with Crippen molar-refractivity contribution in [2.45, 2.75) is 25.4 Å². The molecular formula is C11H17BrN2S. The van der Waals surface area contributed by atoms with Crippen molar-refractivity contribution >= 4 is 27.3 Å². The highest BCUT2D eigenvalue weighted by Gasteiger charge is 2.16. The molecule has 1 fully saturated rings. The molecule has 1 aromatic rings. The zero-order chi connectivity index (χ0) is 10.7. The Balaban J connectivity index is 1.77. The predicted molar refractivity (Wildman–Crippen MR) is 69.4 cm³/mol. The van der Waals surface area contributed by atoms with Gasteiger partial charge in [-0.25, -0.2) is 0 Å². The van der Waals surface area contributed by atoms with E-state index in [0.29, 0.717) is 6.04 Å². The number of likely N-dealkylation sites (N-methyl/N-ethyl adjacent to an activating group) is 1. The molecule has 2 heterocycles. The maximum absolute atomic E-state index is 3.63. The average molecular weight is 289 g/mol. The van der Waals surface area contributed by atoms with E-state index in [1.165, 1.54) is 35.3 Å². The topological polar surface area (TPSA) is 15.3 Å². The first-order valence-electron chi connectivity index (χ1n) is 5.39. The summed E-state index contributed by atoms with van der Waals surface area (Å²) in [4.78, 5) is 2.41. The van der Waals surface area contributed by atoms with E-state index in [9.17, 15) is 0 Å². The fraction of sp³-hybridized carbons (Fsp3) is 0.636. The maximum atomic E-state index is 3.63. The molecule has 0 saturated carbocycles. The Kier molecular flexibility index (Phi) is 4.20. The number of rotatable bonds is 3. The van der Waals surface area contributed by atoms with Crippen molar-refractivity contribution in [3.63, 3.8) is 0 Å². The lowest BCUT2D eigenvalue weighted by molar-refractivity contribution is 0.226.